The maximum absolute atomic E-state index is 9.16. The highest BCUT2D eigenvalue weighted by molar-refractivity contribution is 5.55. The first-order valence-electron chi connectivity index (χ1n) is 6.12. The molecule has 0 aliphatic rings. The molecule has 2 aromatic heterocycles. The van der Waals surface area contributed by atoms with Gasteiger partial charge in [0.15, 0.2) is 0 Å². The molecule has 100 valence electrons. The van der Waals surface area contributed by atoms with E-state index in [1.54, 1.807) is 4.68 Å². The quantitative estimate of drug-likeness (QED) is 0.907. The molecular weight excluding hydrogens is 240 g/mol. The van der Waals surface area contributed by atoms with Crippen molar-refractivity contribution in [2.24, 2.45) is 14.1 Å². The first-order valence-corrected chi connectivity index (χ1v) is 6.12. The Labute approximate surface area is 112 Å². The van der Waals surface area contributed by atoms with Crippen LogP contribution >= 0.6 is 0 Å². The van der Waals surface area contributed by atoms with E-state index >= 15 is 0 Å². The van der Waals surface area contributed by atoms with E-state index in [4.69, 9.17) is 5.26 Å². The van der Waals surface area contributed by atoms with Crippen LogP contribution in [-0.2, 0) is 20.6 Å². The molecule has 0 saturated heterocycles. The summed E-state index contributed by atoms with van der Waals surface area (Å²) in [7, 11) is 3.76. The molecule has 2 aromatic rings. The minimum atomic E-state index is 0.599. The van der Waals surface area contributed by atoms with Crippen molar-refractivity contribution in [3.05, 3.63) is 28.2 Å². The van der Waals surface area contributed by atoms with Gasteiger partial charge in [0.2, 0.25) is 0 Å². The number of nitrogens with one attached hydrogen (secondary N) is 1. The van der Waals surface area contributed by atoms with Crippen molar-refractivity contribution in [2.75, 3.05) is 5.32 Å². The smallest absolute Gasteiger partial charge is 0.142 e. The lowest BCUT2D eigenvalue weighted by Crippen LogP contribution is -2.07. The molecule has 0 saturated carbocycles. The Morgan fingerprint density at radius 3 is 2.26 bits per heavy atom. The van der Waals surface area contributed by atoms with Crippen LogP contribution in [0, 0.1) is 32.1 Å². The minimum absolute atomic E-state index is 0.599. The highest BCUT2D eigenvalue weighted by Crippen LogP contribution is 2.20. The van der Waals surface area contributed by atoms with Crippen LogP contribution in [0.3, 0.4) is 0 Å². The second-order valence-corrected chi connectivity index (χ2v) is 4.67. The summed E-state index contributed by atoms with van der Waals surface area (Å²) in [4.78, 5) is 0. The van der Waals surface area contributed by atoms with Gasteiger partial charge in [-0.05, 0) is 20.8 Å². The molecule has 0 spiro atoms. The van der Waals surface area contributed by atoms with E-state index in [2.05, 4.69) is 21.6 Å². The third-order valence-electron chi connectivity index (χ3n) is 3.43. The molecule has 0 aliphatic carbocycles. The van der Waals surface area contributed by atoms with Crippen molar-refractivity contribution < 1.29 is 0 Å². The monoisotopic (exact) mass is 258 g/mol. The van der Waals surface area contributed by atoms with Gasteiger partial charge in [0.1, 0.15) is 17.5 Å². The Morgan fingerprint density at radius 1 is 1.11 bits per heavy atom. The molecule has 0 amide bonds. The van der Waals surface area contributed by atoms with Gasteiger partial charge in [-0.3, -0.25) is 9.36 Å². The molecule has 2 rings (SSSR count). The van der Waals surface area contributed by atoms with Crippen molar-refractivity contribution in [3.63, 3.8) is 0 Å². The van der Waals surface area contributed by atoms with Gasteiger partial charge in [-0.25, -0.2) is 0 Å². The molecule has 0 bridgehead atoms. The summed E-state index contributed by atoms with van der Waals surface area (Å²) >= 11 is 0. The largest absolute Gasteiger partial charge is 0.365 e. The Bertz CT molecular complexity index is 656. The van der Waals surface area contributed by atoms with Crippen molar-refractivity contribution in [1.82, 2.24) is 19.6 Å². The van der Waals surface area contributed by atoms with Gasteiger partial charge in [-0.1, -0.05) is 0 Å². The van der Waals surface area contributed by atoms with Crippen LogP contribution in [0.25, 0.3) is 0 Å². The summed E-state index contributed by atoms with van der Waals surface area (Å²) in [5.74, 6) is 0.752. The molecule has 0 unspecified atom stereocenters. The zero-order valence-corrected chi connectivity index (χ0v) is 11.9. The van der Waals surface area contributed by atoms with E-state index in [-0.39, 0.29) is 0 Å². The number of nitriles is 1. The zero-order valence-electron chi connectivity index (χ0n) is 11.9. The first-order chi connectivity index (χ1) is 8.95. The van der Waals surface area contributed by atoms with Gasteiger partial charge in [0, 0.05) is 31.9 Å². The van der Waals surface area contributed by atoms with E-state index in [0.717, 1.165) is 28.5 Å². The van der Waals surface area contributed by atoms with Crippen molar-refractivity contribution >= 4 is 5.82 Å². The fourth-order valence-electron chi connectivity index (χ4n) is 2.24. The topological polar surface area (TPSA) is 71.5 Å². The van der Waals surface area contributed by atoms with E-state index in [1.807, 2.05) is 39.5 Å². The lowest BCUT2D eigenvalue weighted by Gasteiger charge is -2.07. The van der Waals surface area contributed by atoms with Crippen LogP contribution in [0.1, 0.15) is 28.2 Å². The van der Waals surface area contributed by atoms with Crippen molar-refractivity contribution in [3.8, 4) is 6.07 Å². The molecule has 19 heavy (non-hydrogen) atoms. The van der Waals surface area contributed by atoms with Gasteiger partial charge < -0.3 is 5.32 Å². The number of rotatable bonds is 3. The molecule has 6 heteroatoms. The average molecular weight is 258 g/mol. The number of anilines is 1. The zero-order chi connectivity index (χ0) is 14.2. The predicted molar refractivity (Wildman–Crippen MR) is 72.7 cm³/mol. The summed E-state index contributed by atoms with van der Waals surface area (Å²) in [6, 6.07) is 2.19. The van der Waals surface area contributed by atoms with Crippen molar-refractivity contribution in [2.45, 2.75) is 27.3 Å². The van der Waals surface area contributed by atoms with E-state index in [1.165, 1.54) is 0 Å². The molecule has 2 heterocycles. The van der Waals surface area contributed by atoms with E-state index < -0.39 is 0 Å². The summed E-state index contributed by atoms with van der Waals surface area (Å²) in [6.45, 7) is 6.50. The molecule has 6 nitrogen and oxygen atoms in total. The third kappa shape index (κ3) is 2.19. The van der Waals surface area contributed by atoms with Crippen LogP contribution in [-0.4, -0.2) is 19.6 Å². The minimum Gasteiger partial charge on any atom is -0.365 e. The summed E-state index contributed by atoms with van der Waals surface area (Å²) < 4.78 is 3.57. The van der Waals surface area contributed by atoms with Gasteiger partial charge in [0.25, 0.3) is 0 Å². The van der Waals surface area contributed by atoms with Crippen LogP contribution in [0.4, 0.5) is 5.82 Å². The maximum Gasteiger partial charge on any atom is 0.142 e. The molecule has 0 fully saturated rings. The van der Waals surface area contributed by atoms with E-state index in [0.29, 0.717) is 12.1 Å². The molecule has 1 N–H and O–H groups in total. The fraction of sp³-hybridized carbons (Fsp3) is 0.462. The molecule has 0 aromatic carbocycles. The van der Waals surface area contributed by atoms with Gasteiger partial charge in [-0.2, -0.15) is 15.5 Å². The Balaban J connectivity index is 2.27. The normalized spacial score (nSPS) is 10.5. The van der Waals surface area contributed by atoms with Crippen LogP contribution < -0.4 is 5.32 Å². The highest BCUT2D eigenvalue weighted by atomic mass is 15.3. The standard InChI is InChI=1S/C13H18N6/c1-8-11(6-14)13(19(5)17-8)15-7-12-9(2)16-18(4)10(12)3/h15H,7H2,1-5H3. The Kier molecular flexibility index (Phi) is 3.30. The van der Waals surface area contributed by atoms with Gasteiger partial charge >= 0.3 is 0 Å². The molecular formula is C13H18N6. The van der Waals surface area contributed by atoms with Crippen LogP contribution in [0.15, 0.2) is 0 Å². The summed E-state index contributed by atoms with van der Waals surface area (Å²) in [5, 5.41) is 21.1. The second kappa shape index (κ2) is 4.76. The fourth-order valence-corrected chi connectivity index (χ4v) is 2.24. The SMILES string of the molecule is Cc1nn(C)c(NCc2c(C)nn(C)c2C)c1C#N. The lowest BCUT2D eigenvalue weighted by atomic mass is 10.2. The highest BCUT2D eigenvalue weighted by Gasteiger charge is 2.14. The average Bonchev–Trinajstić information content (AvgIpc) is 2.75. The summed E-state index contributed by atoms with van der Waals surface area (Å²) in [5.41, 5.74) is 4.63. The second-order valence-electron chi connectivity index (χ2n) is 4.67. The number of aromatic nitrogens is 4. The first kappa shape index (κ1) is 13.1. The molecule has 0 atom stereocenters. The molecule has 0 aliphatic heterocycles. The Hall–Kier alpha value is -2.29. The predicted octanol–water partition coefficient (Wildman–Crippen LogP) is 1.56. The number of hydrogen-bond acceptors (Lipinski definition) is 4. The Morgan fingerprint density at radius 2 is 1.74 bits per heavy atom. The van der Waals surface area contributed by atoms with E-state index in [9.17, 15) is 0 Å². The maximum atomic E-state index is 9.16. The third-order valence-corrected chi connectivity index (χ3v) is 3.43. The number of aryl methyl sites for hydroxylation is 4. The van der Waals surface area contributed by atoms with Crippen LogP contribution in [0.5, 0.6) is 0 Å². The number of nitrogens with zero attached hydrogens (tertiary/aromatic N) is 5. The van der Waals surface area contributed by atoms with Gasteiger partial charge in [-0.15, -0.1) is 0 Å². The van der Waals surface area contributed by atoms with Gasteiger partial charge in [0.05, 0.1) is 11.4 Å². The lowest BCUT2D eigenvalue weighted by molar-refractivity contribution is 0.730. The number of hydrogen-bond donors (Lipinski definition) is 1. The molecule has 0 radical (unpaired) electrons. The van der Waals surface area contributed by atoms with Crippen molar-refractivity contribution in [1.29, 1.82) is 5.26 Å². The summed E-state index contributed by atoms with van der Waals surface area (Å²) in [6.07, 6.45) is 0. The van der Waals surface area contributed by atoms with Crippen LogP contribution in [0.2, 0.25) is 0 Å².